The van der Waals surface area contributed by atoms with E-state index in [1.165, 1.54) is 0 Å². The van der Waals surface area contributed by atoms with Crippen LogP contribution in [0.5, 0.6) is 0 Å². The minimum atomic E-state index is -5.06. The van der Waals surface area contributed by atoms with E-state index in [-0.39, 0.29) is 17.8 Å². The lowest BCUT2D eigenvalue weighted by atomic mass is 10.1. The second-order valence-corrected chi connectivity index (χ2v) is 3.79. The number of benzene rings is 1. The van der Waals surface area contributed by atoms with Gasteiger partial charge in [0, 0.05) is 0 Å². The van der Waals surface area contributed by atoms with Gasteiger partial charge in [-0.2, -0.15) is 13.2 Å². The van der Waals surface area contributed by atoms with Crippen molar-refractivity contribution in [1.82, 2.24) is 0 Å². The molecule has 0 saturated heterocycles. The molecule has 0 atom stereocenters. The summed E-state index contributed by atoms with van der Waals surface area (Å²) in [7, 11) is 0. The lowest BCUT2D eigenvalue weighted by molar-refractivity contribution is -0.140. The molecular weight excluding hydrogens is 302 g/mol. The van der Waals surface area contributed by atoms with Crippen LogP contribution in [-0.4, -0.2) is 11.7 Å². The van der Waals surface area contributed by atoms with Gasteiger partial charge in [-0.25, -0.2) is 13.8 Å². The Morgan fingerprint density at radius 3 is 2.28 bits per heavy atom. The lowest BCUT2D eigenvalue weighted by Crippen LogP contribution is -2.13. The highest BCUT2D eigenvalue weighted by atomic mass is 35.5. The third-order valence-electron chi connectivity index (χ3n) is 1.83. The molecule has 0 unspecified atom stereocenters. The zero-order valence-electron chi connectivity index (χ0n) is 8.45. The Morgan fingerprint density at radius 1 is 1.28 bits per heavy atom. The smallest absolute Gasteiger partial charge is 0.386 e. The molecule has 0 bridgehead atoms. The number of rotatable bonds is 2. The van der Waals surface area contributed by atoms with Crippen molar-refractivity contribution in [2.75, 3.05) is 5.88 Å². The monoisotopic (exact) mass is 306 g/mol. The summed E-state index contributed by atoms with van der Waals surface area (Å²) in [4.78, 5) is 3.31. The van der Waals surface area contributed by atoms with Gasteiger partial charge in [0.2, 0.25) is 0 Å². The third kappa shape index (κ3) is 3.02. The van der Waals surface area contributed by atoms with Crippen LogP contribution in [0.1, 0.15) is 5.56 Å². The van der Waals surface area contributed by atoms with Crippen molar-refractivity contribution in [1.29, 1.82) is 0 Å². The molecule has 1 aromatic rings. The van der Waals surface area contributed by atoms with Crippen LogP contribution in [0.4, 0.5) is 27.6 Å². The van der Waals surface area contributed by atoms with E-state index < -0.39 is 34.1 Å². The predicted octanol–water partition coefficient (Wildman–Crippen LogP) is 3.86. The van der Waals surface area contributed by atoms with Crippen LogP contribution in [0, 0.1) is 11.6 Å². The number of hydrogen-bond acceptors (Lipinski definition) is 1. The largest absolute Gasteiger partial charge is 0.419 e. The fraction of sp³-hybridized carbons (Fsp3) is 0.222. The van der Waals surface area contributed by atoms with Crippen molar-refractivity contribution in [3.05, 3.63) is 28.3 Å². The van der Waals surface area contributed by atoms with Crippen molar-refractivity contribution in [2.45, 2.75) is 6.18 Å². The first kappa shape index (κ1) is 15.0. The summed E-state index contributed by atoms with van der Waals surface area (Å²) in [6.45, 7) is 0. The van der Waals surface area contributed by atoms with Gasteiger partial charge in [-0.05, 0) is 6.07 Å². The summed E-state index contributed by atoms with van der Waals surface area (Å²) in [5.74, 6) is -4.54. The molecule has 2 N–H and O–H groups in total. The van der Waals surface area contributed by atoms with Crippen LogP contribution in [0.25, 0.3) is 0 Å². The van der Waals surface area contributed by atoms with E-state index in [4.69, 9.17) is 28.9 Å². The molecule has 0 amide bonds. The molecule has 0 heterocycles. The number of alkyl halides is 4. The molecule has 2 nitrogen and oxygen atoms in total. The average molecular weight is 307 g/mol. The molecule has 0 saturated carbocycles. The Bertz CT molecular complexity index is 499. The summed E-state index contributed by atoms with van der Waals surface area (Å²) in [5.41, 5.74) is 2.53. The second kappa shape index (κ2) is 5.27. The van der Waals surface area contributed by atoms with Crippen LogP contribution in [0.15, 0.2) is 11.1 Å². The van der Waals surface area contributed by atoms with E-state index in [9.17, 15) is 22.0 Å². The third-order valence-corrected chi connectivity index (χ3v) is 2.39. The van der Waals surface area contributed by atoms with Gasteiger partial charge >= 0.3 is 6.18 Å². The van der Waals surface area contributed by atoms with Crippen LogP contribution in [-0.2, 0) is 6.18 Å². The second-order valence-electron chi connectivity index (χ2n) is 3.12. The van der Waals surface area contributed by atoms with Crippen LogP contribution in [0.3, 0.4) is 0 Å². The van der Waals surface area contributed by atoms with Crippen LogP contribution < -0.4 is 5.73 Å². The maximum absolute atomic E-state index is 13.4. The molecule has 0 aliphatic carbocycles. The highest BCUT2D eigenvalue weighted by Crippen LogP contribution is 2.39. The predicted molar refractivity (Wildman–Crippen MR) is 58.4 cm³/mol. The van der Waals surface area contributed by atoms with Gasteiger partial charge in [0.15, 0.2) is 11.6 Å². The van der Waals surface area contributed by atoms with Gasteiger partial charge in [0.1, 0.15) is 11.5 Å². The molecule has 1 aromatic carbocycles. The Kier molecular flexibility index (Phi) is 4.39. The summed E-state index contributed by atoms with van der Waals surface area (Å²) in [5, 5.41) is -0.714. The summed E-state index contributed by atoms with van der Waals surface area (Å²) < 4.78 is 63.5. The molecule has 1 rings (SSSR count). The Labute approximate surface area is 108 Å². The number of aliphatic imine (C=N–C) groups is 1. The van der Waals surface area contributed by atoms with Crippen LogP contribution >= 0.6 is 23.2 Å². The van der Waals surface area contributed by atoms with Gasteiger partial charge in [-0.1, -0.05) is 11.6 Å². The first-order chi connectivity index (χ1) is 8.18. The number of halogens is 7. The average Bonchev–Trinajstić information content (AvgIpc) is 2.27. The SMILES string of the molecule is NC(CCl)=Nc1c(Cl)cc(C(F)(F)F)c(F)c1F. The van der Waals surface area contributed by atoms with Crippen molar-refractivity contribution < 1.29 is 22.0 Å². The zero-order chi connectivity index (χ0) is 14.1. The topological polar surface area (TPSA) is 38.4 Å². The molecule has 0 spiro atoms. The summed E-state index contributed by atoms with van der Waals surface area (Å²) >= 11 is 10.7. The standard InChI is InChI=1S/C9H5Cl2F5N2/c10-2-5(17)18-8-4(11)1-3(9(14,15)16)6(12)7(8)13/h1H,2H2,(H2,17,18). The van der Waals surface area contributed by atoms with Crippen molar-refractivity contribution in [3.8, 4) is 0 Å². The number of amidine groups is 1. The molecule has 0 aliphatic heterocycles. The number of nitrogens with zero attached hydrogens (tertiary/aromatic N) is 1. The van der Waals surface area contributed by atoms with Gasteiger partial charge in [-0.3, -0.25) is 0 Å². The van der Waals surface area contributed by atoms with Crippen molar-refractivity contribution in [3.63, 3.8) is 0 Å². The molecule has 0 aliphatic rings. The minimum Gasteiger partial charge on any atom is -0.386 e. The molecule has 100 valence electrons. The van der Waals surface area contributed by atoms with Gasteiger partial charge < -0.3 is 5.73 Å². The molecule has 9 heteroatoms. The van der Waals surface area contributed by atoms with E-state index in [0.29, 0.717) is 0 Å². The molecular formula is C9H5Cl2F5N2. The fourth-order valence-corrected chi connectivity index (χ4v) is 1.36. The minimum absolute atomic E-state index is 0.236. The number of nitrogens with two attached hydrogens (primary N) is 1. The van der Waals surface area contributed by atoms with E-state index >= 15 is 0 Å². The normalized spacial score (nSPS) is 12.9. The first-order valence-corrected chi connectivity index (χ1v) is 5.23. The molecule has 0 aromatic heterocycles. The highest BCUT2D eigenvalue weighted by molar-refractivity contribution is 6.33. The highest BCUT2D eigenvalue weighted by Gasteiger charge is 2.37. The quantitative estimate of drug-likeness (QED) is 0.291. The Morgan fingerprint density at radius 2 is 1.83 bits per heavy atom. The van der Waals surface area contributed by atoms with E-state index in [2.05, 4.69) is 4.99 Å². The van der Waals surface area contributed by atoms with Crippen molar-refractivity contribution >= 4 is 34.7 Å². The fourth-order valence-electron chi connectivity index (χ4n) is 1.07. The number of hydrogen-bond donors (Lipinski definition) is 1. The summed E-state index contributed by atoms with van der Waals surface area (Å²) in [6, 6.07) is 0.236. The molecule has 0 radical (unpaired) electrons. The van der Waals surface area contributed by atoms with Crippen molar-refractivity contribution in [2.24, 2.45) is 10.7 Å². The Hall–Kier alpha value is -1.08. The van der Waals surface area contributed by atoms with Gasteiger partial charge in [0.05, 0.1) is 16.5 Å². The van der Waals surface area contributed by atoms with E-state index in [1.807, 2.05) is 0 Å². The maximum atomic E-state index is 13.4. The maximum Gasteiger partial charge on any atom is 0.419 e. The first-order valence-electron chi connectivity index (χ1n) is 4.32. The van der Waals surface area contributed by atoms with E-state index in [0.717, 1.165) is 0 Å². The summed E-state index contributed by atoms with van der Waals surface area (Å²) in [6.07, 6.45) is -5.06. The van der Waals surface area contributed by atoms with Gasteiger partial charge in [-0.15, -0.1) is 11.6 Å². The zero-order valence-corrected chi connectivity index (χ0v) is 9.97. The Balaban J connectivity index is 3.48. The molecule has 0 fully saturated rings. The molecule has 18 heavy (non-hydrogen) atoms. The van der Waals surface area contributed by atoms with E-state index in [1.54, 1.807) is 0 Å². The lowest BCUT2D eigenvalue weighted by Gasteiger charge is -2.11. The van der Waals surface area contributed by atoms with Crippen LogP contribution in [0.2, 0.25) is 5.02 Å². The van der Waals surface area contributed by atoms with Gasteiger partial charge in [0.25, 0.3) is 0 Å².